The minimum atomic E-state index is -0.725. The topological polar surface area (TPSA) is 65.4 Å². The van der Waals surface area contributed by atoms with E-state index in [9.17, 15) is 10.1 Å². The molecular formula is C15H18ClN3O2. The Bertz CT molecular complexity index is 544. The van der Waals surface area contributed by atoms with Gasteiger partial charge in [0, 0.05) is 18.1 Å². The van der Waals surface area contributed by atoms with Gasteiger partial charge in [0.05, 0.1) is 12.7 Å². The van der Waals surface area contributed by atoms with Crippen molar-refractivity contribution in [1.82, 2.24) is 10.2 Å². The molecule has 2 atom stereocenters. The molecule has 1 aliphatic rings. The first kappa shape index (κ1) is 15.8. The number of amides is 1. The van der Waals surface area contributed by atoms with Crippen LogP contribution in [0.1, 0.15) is 18.5 Å². The maximum absolute atomic E-state index is 12.2. The van der Waals surface area contributed by atoms with E-state index in [-0.39, 0.29) is 5.91 Å². The molecule has 0 unspecified atom stereocenters. The van der Waals surface area contributed by atoms with Crippen LogP contribution in [0.4, 0.5) is 0 Å². The largest absolute Gasteiger partial charge is 0.366 e. The van der Waals surface area contributed by atoms with Gasteiger partial charge in [-0.15, -0.1) is 0 Å². The number of hydrogen-bond donors (Lipinski definition) is 1. The van der Waals surface area contributed by atoms with Gasteiger partial charge in [0.1, 0.15) is 12.1 Å². The van der Waals surface area contributed by atoms with Crippen molar-refractivity contribution < 1.29 is 9.53 Å². The number of benzene rings is 1. The van der Waals surface area contributed by atoms with Gasteiger partial charge in [0.15, 0.2) is 0 Å². The van der Waals surface area contributed by atoms with Crippen molar-refractivity contribution in [3.05, 3.63) is 34.9 Å². The molecule has 1 amide bonds. The quantitative estimate of drug-likeness (QED) is 0.920. The third-order valence-corrected chi connectivity index (χ3v) is 3.72. The second kappa shape index (κ2) is 7.41. The summed E-state index contributed by atoms with van der Waals surface area (Å²) in [4.78, 5) is 14.4. The Hall–Kier alpha value is -1.61. The average Bonchev–Trinajstić information content (AvgIpc) is 2.52. The third kappa shape index (κ3) is 4.18. The molecule has 2 rings (SSSR count). The molecule has 0 saturated carbocycles. The van der Waals surface area contributed by atoms with Gasteiger partial charge in [-0.05, 0) is 24.2 Å². The molecule has 1 N–H and O–H groups in total. The molecule has 0 bridgehead atoms. The molecule has 112 valence electrons. The summed E-state index contributed by atoms with van der Waals surface area (Å²) < 4.78 is 5.49. The predicted molar refractivity (Wildman–Crippen MR) is 79.8 cm³/mol. The minimum Gasteiger partial charge on any atom is -0.366 e. The Morgan fingerprint density at radius 2 is 2.48 bits per heavy atom. The summed E-state index contributed by atoms with van der Waals surface area (Å²) >= 11 is 5.92. The van der Waals surface area contributed by atoms with Crippen LogP contribution in [0.2, 0.25) is 5.02 Å². The van der Waals surface area contributed by atoms with E-state index in [1.165, 1.54) is 0 Å². The monoisotopic (exact) mass is 307 g/mol. The molecule has 1 aliphatic heterocycles. The number of nitriles is 1. The summed E-state index contributed by atoms with van der Waals surface area (Å²) in [6.07, 6.45) is -0.534. The van der Waals surface area contributed by atoms with Crippen LogP contribution in [-0.2, 0) is 9.53 Å². The molecule has 21 heavy (non-hydrogen) atoms. The van der Waals surface area contributed by atoms with E-state index in [2.05, 4.69) is 16.3 Å². The number of ether oxygens (including phenoxy) is 1. The Labute approximate surface area is 129 Å². The summed E-state index contributed by atoms with van der Waals surface area (Å²) in [5.74, 6) is -0.264. The fraction of sp³-hybridized carbons (Fsp3) is 0.467. The number of nitrogens with one attached hydrogen (secondary N) is 1. The number of carbonyl (C=O) groups is 1. The maximum Gasteiger partial charge on any atom is 0.251 e. The Morgan fingerprint density at radius 1 is 1.67 bits per heavy atom. The Balaban J connectivity index is 2.01. The van der Waals surface area contributed by atoms with Crippen LogP contribution >= 0.6 is 11.6 Å². The van der Waals surface area contributed by atoms with Crippen LogP contribution in [0.25, 0.3) is 0 Å². The van der Waals surface area contributed by atoms with Crippen LogP contribution in [0, 0.1) is 11.3 Å². The van der Waals surface area contributed by atoms with E-state index in [1.807, 2.05) is 6.92 Å². The first-order valence-corrected chi connectivity index (χ1v) is 7.31. The number of morpholine rings is 1. The van der Waals surface area contributed by atoms with E-state index in [0.29, 0.717) is 23.7 Å². The van der Waals surface area contributed by atoms with Crippen LogP contribution in [0.3, 0.4) is 0 Å². The fourth-order valence-electron chi connectivity index (χ4n) is 2.26. The lowest BCUT2D eigenvalue weighted by molar-refractivity contribution is -0.138. The zero-order valence-electron chi connectivity index (χ0n) is 11.9. The van der Waals surface area contributed by atoms with E-state index in [4.69, 9.17) is 16.3 Å². The molecule has 0 aromatic heterocycles. The number of carbonyl (C=O) groups excluding carboxylic acids is 1. The maximum atomic E-state index is 12.2. The SMILES string of the molecule is CCN1CCO[C@@H](C(=O)N[C@@H](C#N)c2cccc(Cl)c2)C1. The highest BCUT2D eigenvalue weighted by Gasteiger charge is 2.27. The summed E-state index contributed by atoms with van der Waals surface area (Å²) in [7, 11) is 0. The normalized spacial score (nSPS) is 20.5. The van der Waals surface area contributed by atoms with Crippen molar-refractivity contribution in [2.24, 2.45) is 0 Å². The van der Waals surface area contributed by atoms with Crippen LogP contribution in [0.5, 0.6) is 0 Å². The van der Waals surface area contributed by atoms with Crippen molar-refractivity contribution in [1.29, 1.82) is 5.26 Å². The van der Waals surface area contributed by atoms with Crippen molar-refractivity contribution >= 4 is 17.5 Å². The number of hydrogen-bond acceptors (Lipinski definition) is 4. The first-order valence-electron chi connectivity index (χ1n) is 6.93. The zero-order valence-corrected chi connectivity index (χ0v) is 12.6. The van der Waals surface area contributed by atoms with Crippen LogP contribution in [-0.4, -0.2) is 43.2 Å². The van der Waals surface area contributed by atoms with Gasteiger partial charge in [0.2, 0.25) is 0 Å². The molecular weight excluding hydrogens is 290 g/mol. The second-order valence-corrected chi connectivity index (χ2v) is 5.31. The molecule has 1 aromatic rings. The molecule has 0 radical (unpaired) electrons. The van der Waals surface area contributed by atoms with E-state index in [1.54, 1.807) is 24.3 Å². The molecule has 1 heterocycles. The van der Waals surface area contributed by atoms with Gasteiger partial charge in [0.25, 0.3) is 5.91 Å². The average molecular weight is 308 g/mol. The molecule has 0 spiro atoms. The molecule has 1 aromatic carbocycles. The van der Waals surface area contributed by atoms with Crippen LogP contribution in [0.15, 0.2) is 24.3 Å². The van der Waals surface area contributed by atoms with Crippen molar-refractivity contribution in [3.8, 4) is 6.07 Å². The summed E-state index contributed by atoms with van der Waals surface area (Å²) in [6, 6.07) is 8.28. The zero-order chi connectivity index (χ0) is 15.2. The van der Waals surface area contributed by atoms with E-state index >= 15 is 0 Å². The van der Waals surface area contributed by atoms with Gasteiger partial charge in [-0.3, -0.25) is 9.69 Å². The van der Waals surface area contributed by atoms with E-state index in [0.717, 1.165) is 13.1 Å². The fourth-order valence-corrected chi connectivity index (χ4v) is 2.46. The highest BCUT2D eigenvalue weighted by atomic mass is 35.5. The lowest BCUT2D eigenvalue weighted by atomic mass is 10.1. The van der Waals surface area contributed by atoms with Crippen molar-refractivity contribution in [3.63, 3.8) is 0 Å². The third-order valence-electron chi connectivity index (χ3n) is 3.49. The van der Waals surface area contributed by atoms with Crippen molar-refractivity contribution in [2.75, 3.05) is 26.2 Å². The lowest BCUT2D eigenvalue weighted by Gasteiger charge is -2.31. The lowest BCUT2D eigenvalue weighted by Crippen LogP contribution is -2.50. The number of rotatable bonds is 4. The first-order chi connectivity index (χ1) is 10.1. The Kier molecular flexibility index (Phi) is 5.57. The Morgan fingerprint density at radius 3 is 3.14 bits per heavy atom. The summed E-state index contributed by atoms with van der Waals surface area (Å²) in [5.41, 5.74) is 0.668. The van der Waals surface area contributed by atoms with Crippen molar-refractivity contribution in [2.45, 2.75) is 19.1 Å². The highest BCUT2D eigenvalue weighted by Crippen LogP contribution is 2.18. The predicted octanol–water partition coefficient (Wildman–Crippen LogP) is 1.74. The standard InChI is InChI=1S/C15H18ClN3O2/c1-2-19-6-7-21-14(10-19)15(20)18-13(9-17)11-4-3-5-12(16)8-11/h3-5,8,13-14H,2,6-7,10H2,1H3,(H,18,20)/t13-,14+/m0/s1. The second-order valence-electron chi connectivity index (χ2n) is 4.88. The van der Waals surface area contributed by atoms with Gasteiger partial charge in [-0.1, -0.05) is 30.7 Å². The minimum absolute atomic E-state index is 0.264. The molecule has 5 nitrogen and oxygen atoms in total. The van der Waals surface area contributed by atoms with Crippen LogP contribution < -0.4 is 5.32 Å². The van der Waals surface area contributed by atoms with Gasteiger partial charge < -0.3 is 10.1 Å². The van der Waals surface area contributed by atoms with Gasteiger partial charge in [-0.2, -0.15) is 5.26 Å². The summed E-state index contributed by atoms with van der Waals surface area (Å²) in [5, 5.41) is 12.5. The number of likely N-dealkylation sites (N-methyl/N-ethyl adjacent to an activating group) is 1. The van der Waals surface area contributed by atoms with Gasteiger partial charge >= 0.3 is 0 Å². The number of nitrogens with zero attached hydrogens (tertiary/aromatic N) is 2. The molecule has 6 heteroatoms. The van der Waals surface area contributed by atoms with E-state index < -0.39 is 12.1 Å². The highest BCUT2D eigenvalue weighted by molar-refractivity contribution is 6.30. The van der Waals surface area contributed by atoms with Gasteiger partial charge in [-0.25, -0.2) is 0 Å². The smallest absolute Gasteiger partial charge is 0.251 e. The number of halogens is 1. The summed E-state index contributed by atoms with van der Waals surface area (Å²) in [6.45, 7) is 4.83. The molecule has 1 saturated heterocycles. The molecule has 1 fully saturated rings. The molecule has 0 aliphatic carbocycles.